The lowest BCUT2D eigenvalue weighted by molar-refractivity contribution is 0.257. The molecule has 1 N–H and O–H groups in total. The van der Waals surface area contributed by atoms with Crippen LogP contribution in [-0.4, -0.2) is 12.6 Å². The maximum absolute atomic E-state index is 12.4. The molecule has 21 heavy (non-hydrogen) atoms. The summed E-state index contributed by atoms with van der Waals surface area (Å²) in [6.45, 7) is 4.47. The summed E-state index contributed by atoms with van der Waals surface area (Å²) < 4.78 is 0. The Morgan fingerprint density at radius 1 is 1.14 bits per heavy atom. The minimum Gasteiger partial charge on any atom is -0.306 e. The van der Waals surface area contributed by atoms with Gasteiger partial charge in [0.05, 0.1) is 10.7 Å². The monoisotopic (exact) mass is 322 g/mol. The number of halogens is 2. The molecule has 0 unspecified atom stereocenters. The second-order valence-electron chi connectivity index (χ2n) is 4.63. The van der Waals surface area contributed by atoms with Gasteiger partial charge in [0.25, 0.3) is 0 Å². The summed E-state index contributed by atoms with van der Waals surface area (Å²) in [5.74, 6) is 0. The van der Waals surface area contributed by atoms with E-state index in [1.54, 1.807) is 23.1 Å². The number of aryl methyl sites for hydroxylation is 1. The summed E-state index contributed by atoms with van der Waals surface area (Å²) in [4.78, 5) is 14.0. The molecule has 0 saturated carbocycles. The van der Waals surface area contributed by atoms with Gasteiger partial charge in [-0.15, -0.1) is 0 Å². The Hall–Kier alpha value is -1.71. The van der Waals surface area contributed by atoms with Gasteiger partial charge in [-0.05, 0) is 44.2 Å². The van der Waals surface area contributed by atoms with Crippen LogP contribution in [0.15, 0.2) is 42.5 Å². The Morgan fingerprint density at radius 3 is 2.43 bits per heavy atom. The number of carbonyl (C=O) groups excluding carboxylic acids is 1. The van der Waals surface area contributed by atoms with Crippen LogP contribution in [0.1, 0.15) is 12.5 Å². The Kier molecular flexibility index (Phi) is 5.10. The first-order chi connectivity index (χ1) is 10.0. The summed E-state index contributed by atoms with van der Waals surface area (Å²) in [5.41, 5.74) is 2.48. The van der Waals surface area contributed by atoms with Crippen molar-refractivity contribution < 1.29 is 4.79 Å². The van der Waals surface area contributed by atoms with E-state index in [-0.39, 0.29) is 6.03 Å². The number of nitrogens with one attached hydrogen (secondary N) is 1. The number of hydrogen-bond donors (Lipinski definition) is 1. The van der Waals surface area contributed by atoms with Crippen molar-refractivity contribution >= 4 is 40.6 Å². The Labute approximate surface area is 134 Å². The van der Waals surface area contributed by atoms with Gasteiger partial charge in [0.15, 0.2) is 0 Å². The average molecular weight is 323 g/mol. The first kappa shape index (κ1) is 15.7. The molecule has 0 saturated heterocycles. The zero-order chi connectivity index (χ0) is 15.4. The average Bonchev–Trinajstić information content (AvgIpc) is 2.46. The fraction of sp³-hybridized carbons (Fsp3) is 0.188. The van der Waals surface area contributed by atoms with E-state index in [4.69, 9.17) is 23.2 Å². The molecular weight excluding hydrogens is 307 g/mol. The lowest BCUT2D eigenvalue weighted by atomic mass is 10.2. The van der Waals surface area contributed by atoms with Crippen LogP contribution in [0, 0.1) is 6.92 Å². The van der Waals surface area contributed by atoms with Crippen molar-refractivity contribution in [2.24, 2.45) is 0 Å². The third kappa shape index (κ3) is 3.90. The SMILES string of the molecule is CCN(C(=O)Nc1cc(Cl)ccc1Cl)c1ccc(C)cc1. The van der Waals surface area contributed by atoms with Crippen LogP contribution in [0.25, 0.3) is 0 Å². The first-order valence-electron chi connectivity index (χ1n) is 6.61. The second kappa shape index (κ2) is 6.83. The van der Waals surface area contributed by atoms with Gasteiger partial charge in [-0.25, -0.2) is 4.79 Å². The van der Waals surface area contributed by atoms with E-state index in [0.29, 0.717) is 22.3 Å². The molecule has 0 atom stereocenters. The number of amides is 2. The van der Waals surface area contributed by atoms with Gasteiger partial charge in [0.2, 0.25) is 0 Å². The zero-order valence-electron chi connectivity index (χ0n) is 11.9. The van der Waals surface area contributed by atoms with Crippen LogP contribution in [0.5, 0.6) is 0 Å². The van der Waals surface area contributed by atoms with E-state index < -0.39 is 0 Å². The van der Waals surface area contributed by atoms with Crippen LogP contribution in [0.3, 0.4) is 0 Å². The maximum atomic E-state index is 12.4. The van der Waals surface area contributed by atoms with Crippen molar-refractivity contribution in [1.29, 1.82) is 0 Å². The molecule has 0 aliphatic heterocycles. The lowest BCUT2D eigenvalue weighted by Crippen LogP contribution is -2.34. The fourth-order valence-electron chi connectivity index (χ4n) is 1.94. The summed E-state index contributed by atoms with van der Waals surface area (Å²) in [6, 6.07) is 12.5. The number of hydrogen-bond acceptors (Lipinski definition) is 1. The largest absolute Gasteiger partial charge is 0.326 e. The Balaban J connectivity index is 2.20. The van der Waals surface area contributed by atoms with Gasteiger partial charge >= 0.3 is 6.03 Å². The normalized spacial score (nSPS) is 10.3. The van der Waals surface area contributed by atoms with Gasteiger partial charge in [-0.1, -0.05) is 40.9 Å². The smallest absolute Gasteiger partial charge is 0.306 e. The van der Waals surface area contributed by atoms with E-state index in [9.17, 15) is 4.79 Å². The number of urea groups is 1. The summed E-state index contributed by atoms with van der Waals surface area (Å²) in [7, 11) is 0. The van der Waals surface area contributed by atoms with Crippen LogP contribution in [-0.2, 0) is 0 Å². The van der Waals surface area contributed by atoms with Crippen molar-refractivity contribution in [3.8, 4) is 0 Å². The second-order valence-corrected chi connectivity index (χ2v) is 5.48. The zero-order valence-corrected chi connectivity index (χ0v) is 13.4. The molecule has 3 nitrogen and oxygen atoms in total. The predicted octanol–water partition coefficient (Wildman–Crippen LogP) is 5.36. The summed E-state index contributed by atoms with van der Waals surface area (Å²) in [6.07, 6.45) is 0. The number of rotatable bonds is 3. The number of carbonyl (C=O) groups is 1. The molecule has 0 radical (unpaired) electrons. The van der Waals surface area contributed by atoms with E-state index in [0.717, 1.165) is 11.3 Å². The predicted molar refractivity (Wildman–Crippen MR) is 89.7 cm³/mol. The molecule has 0 aromatic heterocycles. The van der Waals surface area contributed by atoms with Crippen molar-refractivity contribution in [2.75, 3.05) is 16.8 Å². The number of nitrogens with zero attached hydrogens (tertiary/aromatic N) is 1. The lowest BCUT2D eigenvalue weighted by Gasteiger charge is -2.22. The first-order valence-corrected chi connectivity index (χ1v) is 7.37. The maximum Gasteiger partial charge on any atom is 0.326 e. The molecule has 0 fully saturated rings. The van der Waals surface area contributed by atoms with Crippen LogP contribution in [0.2, 0.25) is 10.0 Å². The minimum atomic E-state index is -0.245. The summed E-state index contributed by atoms with van der Waals surface area (Å²) in [5, 5.41) is 3.76. The molecule has 0 heterocycles. The van der Waals surface area contributed by atoms with E-state index in [2.05, 4.69) is 5.32 Å². The molecule has 2 aromatic rings. The molecule has 0 bridgehead atoms. The third-order valence-corrected chi connectivity index (χ3v) is 3.64. The highest BCUT2D eigenvalue weighted by atomic mass is 35.5. The number of benzene rings is 2. The fourth-order valence-corrected chi connectivity index (χ4v) is 2.28. The summed E-state index contributed by atoms with van der Waals surface area (Å²) >= 11 is 12.0. The quantitative estimate of drug-likeness (QED) is 0.810. The molecule has 0 spiro atoms. The third-order valence-electron chi connectivity index (χ3n) is 3.08. The van der Waals surface area contributed by atoms with Gasteiger partial charge in [-0.3, -0.25) is 4.90 Å². The molecule has 2 aromatic carbocycles. The molecule has 2 amide bonds. The number of anilines is 2. The van der Waals surface area contributed by atoms with Gasteiger partial charge in [0.1, 0.15) is 0 Å². The van der Waals surface area contributed by atoms with Crippen molar-refractivity contribution in [2.45, 2.75) is 13.8 Å². The van der Waals surface area contributed by atoms with E-state index in [1.165, 1.54) is 0 Å². The van der Waals surface area contributed by atoms with Gasteiger partial charge in [-0.2, -0.15) is 0 Å². The van der Waals surface area contributed by atoms with Crippen molar-refractivity contribution in [3.63, 3.8) is 0 Å². The highest BCUT2D eigenvalue weighted by Crippen LogP contribution is 2.26. The Bertz CT molecular complexity index is 641. The Morgan fingerprint density at radius 2 is 1.81 bits per heavy atom. The van der Waals surface area contributed by atoms with Gasteiger partial charge in [0, 0.05) is 17.3 Å². The van der Waals surface area contributed by atoms with Crippen LogP contribution in [0.4, 0.5) is 16.2 Å². The highest BCUT2D eigenvalue weighted by Gasteiger charge is 2.15. The van der Waals surface area contributed by atoms with Crippen LogP contribution >= 0.6 is 23.2 Å². The molecule has 2 rings (SSSR count). The van der Waals surface area contributed by atoms with Gasteiger partial charge < -0.3 is 5.32 Å². The standard InChI is InChI=1S/C16H16Cl2N2O/c1-3-20(13-7-4-11(2)5-8-13)16(21)19-15-10-12(17)6-9-14(15)18/h4-10H,3H2,1-2H3,(H,19,21). The molecule has 5 heteroatoms. The highest BCUT2D eigenvalue weighted by molar-refractivity contribution is 6.35. The van der Waals surface area contributed by atoms with Crippen molar-refractivity contribution in [1.82, 2.24) is 0 Å². The topological polar surface area (TPSA) is 32.3 Å². The van der Waals surface area contributed by atoms with Crippen molar-refractivity contribution in [3.05, 3.63) is 58.1 Å². The van der Waals surface area contributed by atoms with E-state index in [1.807, 2.05) is 38.1 Å². The minimum absolute atomic E-state index is 0.245. The molecule has 0 aliphatic rings. The molecule has 110 valence electrons. The van der Waals surface area contributed by atoms with E-state index >= 15 is 0 Å². The van der Waals surface area contributed by atoms with Crippen LogP contribution < -0.4 is 10.2 Å². The molecule has 0 aliphatic carbocycles. The molecular formula is C16H16Cl2N2O.